The van der Waals surface area contributed by atoms with Crippen molar-refractivity contribution < 1.29 is 21.6 Å². The van der Waals surface area contributed by atoms with Crippen LogP contribution in [0, 0.1) is 0 Å². The predicted molar refractivity (Wildman–Crippen MR) is 76.9 cm³/mol. The zero-order valence-electron chi connectivity index (χ0n) is 11.3. The minimum Gasteiger partial charge on any atom is -0.495 e. The van der Waals surface area contributed by atoms with E-state index >= 15 is 0 Å². The number of ether oxygens (including phenoxy) is 1. The fourth-order valence-electron chi connectivity index (χ4n) is 1.37. The van der Waals surface area contributed by atoms with Crippen LogP contribution >= 0.6 is 10.7 Å². The maximum Gasteiger partial charge on any atom is 0.264 e. The smallest absolute Gasteiger partial charge is 0.264 e. The number of hydrogen-bond donors (Lipinski definition) is 1. The van der Waals surface area contributed by atoms with Crippen LogP contribution in [0.5, 0.6) is 5.75 Å². The molecule has 0 aliphatic carbocycles. The van der Waals surface area contributed by atoms with Crippen molar-refractivity contribution in [3.63, 3.8) is 0 Å². The van der Waals surface area contributed by atoms with Crippen LogP contribution in [-0.2, 0) is 25.6 Å². The molecule has 0 saturated heterocycles. The zero-order chi connectivity index (χ0) is 15.6. The Bertz CT molecular complexity index is 683. The molecule has 0 spiro atoms. The van der Waals surface area contributed by atoms with Gasteiger partial charge < -0.3 is 4.74 Å². The number of nitrogens with one attached hydrogen (secondary N) is 1. The van der Waals surface area contributed by atoms with E-state index in [9.17, 15) is 16.8 Å². The molecule has 0 radical (unpaired) electrons. The predicted octanol–water partition coefficient (Wildman–Crippen LogP) is 1.45. The zero-order valence-corrected chi connectivity index (χ0v) is 13.6. The van der Waals surface area contributed by atoms with Crippen LogP contribution in [0.2, 0.25) is 0 Å². The lowest BCUT2D eigenvalue weighted by molar-refractivity contribution is 0.403. The van der Waals surface area contributed by atoms with Crippen molar-refractivity contribution in [3.8, 4) is 5.75 Å². The molecule has 6 nitrogen and oxygen atoms in total. The first kappa shape index (κ1) is 17.2. The summed E-state index contributed by atoms with van der Waals surface area (Å²) in [5, 5.41) is -0.572. The molecule has 0 bridgehead atoms. The average Bonchev–Trinajstić information content (AvgIpc) is 2.35. The van der Waals surface area contributed by atoms with Gasteiger partial charge in [0.05, 0.1) is 12.4 Å². The minimum absolute atomic E-state index is 0.0239. The summed E-state index contributed by atoms with van der Waals surface area (Å²) in [5.41, 5.74) is 0.467. The maximum atomic E-state index is 11.6. The summed E-state index contributed by atoms with van der Waals surface area (Å²) in [6.07, 6.45) is 0. The van der Waals surface area contributed by atoms with Gasteiger partial charge in [-0.3, -0.25) is 0 Å². The molecule has 114 valence electrons. The molecule has 1 aromatic rings. The van der Waals surface area contributed by atoms with E-state index < -0.39 is 24.3 Å². The van der Waals surface area contributed by atoms with Gasteiger partial charge in [0.25, 0.3) is 9.05 Å². The van der Waals surface area contributed by atoms with Gasteiger partial charge in [-0.05, 0) is 31.5 Å². The third-order valence-corrected chi connectivity index (χ3v) is 5.72. The van der Waals surface area contributed by atoms with Crippen molar-refractivity contribution in [2.45, 2.75) is 30.5 Å². The average molecular weight is 342 g/mol. The van der Waals surface area contributed by atoms with Gasteiger partial charge in [0.15, 0.2) is 0 Å². The molecule has 20 heavy (non-hydrogen) atoms. The van der Waals surface area contributed by atoms with E-state index in [2.05, 4.69) is 4.72 Å². The second-order valence-electron chi connectivity index (χ2n) is 4.34. The van der Waals surface area contributed by atoms with E-state index in [4.69, 9.17) is 15.4 Å². The highest BCUT2D eigenvalue weighted by molar-refractivity contribution is 8.13. The van der Waals surface area contributed by atoms with Crippen molar-refractivity contribution in [1.29, 1.82) is 0 Å². The Morgan fingerprint density at radius 2 is 1.85 bits per heavy atom. The topological polar surface area (TPSA) is 89.5 Å². The van der Waals surface area contributed by atoms with Gasteiger partial charge in [-0.1, -0.05) is 6.07 Å². The highest BCUT2D eigenvalue weighted by Crippen LogP contribution is 2.27. The number of methoxy groups -OCH3 is 1. The lowest BCUT2D eigenvalue weighted by atomic mass is 10.2. The molecular weight excluding hydrogens is 326 g/mol. The van der Waals surface area contributed by atoms with Crippen LogP contribution in [-0.4, -0.2) is 29.2 Å². The Morgan fingerprint density at radius 3 is 2.30 bits per heavy atom. The number of benzene rings is 1. The maximum absolute atomic E-state index is 11.6. The largest absolute Gasteiger partial charge is 0.495 e. The van der Waals surface area contributed by atoms with Crippen LogP contribution in [0.1, 0.15) is 19.4 Å². The molecule has 1 N–H and O–H groups in total. The Kier molecular flexibility index (Phi) is 5.42. The van der Waals surface area contributed by atoms with Crippen LogP contribution in [0.15, 0.2) is 23.1 Å². The lowest BCUT2D eigenvalue weighted by Gasteiger charge is -2.11. The molecule has 0 aromatic heterocycles. The van der Waals surface area contributed by atoms with E-state index in [-0.39, 0.29) is 17.2 Å². The number of halogens is 1. The third kappa shape index (κ3) is 4.34. The van der Waals surface area contributed by atoms with E-state index in [0.29, 0.717) is 5.56 Å². The second kappa shape index (κ2) is 6.30. The van der Waals surface area contributed by atoms with Crippen molar-refractivity contribution in [2.24, 2.45) is 0 Å². The van der Waals surface area contributed by atoms with Crippen LogP contribution in [0.25, 0.3) is 0 Å². The molecule has 0 unspecified atom stereocenters. The number of rotatable bonds is 6. The van der Waals surface area contributed by atoms with Crippen molar-refractivity contribution >= 4 is 29.8 Å². The standard InChI is InChI=1S/C11H16ClNO5S2/c1-8(2)20(16,17)13-7-9-4-5-10(18-3)11(6-9)19(12,14)15/h4-6,8,13H,7H2,1-3H3. The molecule has 0 aliphatic rings. The normalized spacial score (nSPS) is 12.7. The second-order valence-corrected chi connectivity index (χ2v) is 9.19. The van der Waals surface area contributed by atoms with Gasteiger partial charge in [0.1, 0.15) is 10.6 Å². The molecule has 0 saturated carbocycles. The molecule has 0 heterocycles. The molecule has 9 heteroatoms. The van der Waals surface area contributed by atoms with Crippen LogP contribution < -0.4 is 9.46 Å². The monoisotopic (exact) mass is 341 g/mol. The quantitative estimate of drug-likeness (QED) is 0.791. The Morgan fingerprint density at radius 1 is 1.25 bits per heavy atom. The highest BCUT2D eigenvalue weighted by Gasteiger charge is 2.19. The Labute approximate surface area is 123 Å². The summed E-state index contributed by atoms with van der Waals surface area (Å²) in [4.78, 5) is -0.192. The van der Waals surface area contributed by atoms with Crippen LogP contribution in [0.4, 0.5) is 0 Å². The van der Waals surface area contributed by atoms with Gasteiger partial charge in [-0.15, -0.1) is 0 Å². The van der Waals surface area contributed by atoms with Gasteiger partial charge in [0, 0.05) is 17.2 Å². The number of hydrogen-bond acceptors (Lipinski definition) is 5. The number of sulfonamides is 1. The molecular formula is C11H16ClNO5S2. The molecule has 0 aliphatic heterocycles. The van der Waals surface area contributed by atoms with Gasteiger partial charge in [-0.2, -0.15) is 0 Å². The summed E-state index contributed by atoms with van der Waals surface area (Å²) >= 11 is 0. The summed E-state index contributed by atoms with van der Waals surface area (Å²) in [5.74, 6) is 0.107. The van der Waals surface area contributed by atoms with E-state index in [1.165, 1.54) is 19.2 Å². The van der Waals surface area contributed by atoms with Crippen molar-refractivity contribution in [2.75, 3.05) is 7.11 Å². The molecule has 0 fully saturated rings. The summed E-state index contributed by atoms with van der Waals surface area (Å²) in [6.45, 7) is 3.07. The van der Waals surface area contributed by atoms with Crippen molar-refractivity contribution in [3.05, 3.63) is 23.8 Å². The summed E-state index contributed by atoms with van der Waals surface area (Å²) in [6, 6.07) is 4.27. The minimum atomic E-state index is -3.97. The van der Waals surface area contributed by atoms with E-state index in [1.54, 1.807) is 19.9 Å². The first-order chi connectivity index (χ1) is 9.08. The molecule has 0 atom stereocenters. The Balaban J connectivity index is 3.06. The lowest BCUT2D eigenvalue weighted by Crippen LogP contribution is -2.30. The van der Waals surface area contributed by atoms with Crippen LogP contribution in [0.3, 0.4) is 0 Å². The van der Waals surface area contributed by atoms with Gasteiger partial charge in [-0.25, -0.2) is 21.6 Å². The fourth-order valence-corrected chi connectivity index (χ4v) is 3.12. The van der Waals surface area contributed by atoms with E-state index in [0.717, 1.165) is 0 Å². The third-order valence-electron chi connectivity index (χ3n) is 2.59. The highest BCUT2D eigenvalue weighted by atomic mass is 35.7. The molecule has 0 amide bonds. The Hall–Kier alpha value is -0.830. The summed E-state index contributed by atoms with van der Waals surface area (Å²) < 4.78 is 53.4. The SMILES string of the molecule is COc1ccc(CNS(=O)(=O)C(C)C)cc1S(=O)(=O)Cl. The van der Waals surface area contributed by atoms with Crippen molar-refractivity contribution in [1.82, 2.24) is 4.72 Å². The molecule has 1 aromatic carbocycles. The van der Waals surface area contributed by atoms with E-state index in [1.807, 2.05) is 0 Å². The first-order valence-corrected chi connectivity index (χ1v) is 9.53. The summed E-state index contributed by atoms with van der Waals surface area (Å²) in [7, 11) is -0.762. The fraction of sp³-hybridized carbons (Fsp3) is 0.455. The van der Waals surface area contributed by atoms with Gasteiger partial charge in [0.2, 0.25) is 10.0 Å². The first-order valence-electron chi connectivity index (χ1n) is 5.68. The van der Waals surface area contributed by atoms with Gasteiger partial charge >= 0.3 is 0 Å². The molecule has 1 rings (SSSR count).